The molecule has 0 aromatic heterocycles. The maximum absolute atomic E-state index is 13.3. The molecule has 17 heavy (non-hydrogen) atoms. The average Bonchev–Trinajstić information content (AvgIpc) is 2.29. The van der Waals surface area contributed by atoms with Crippen LogP contribution in [0.25, 0.3) is 0 Å². The Kier molecular flexibility index (Phi) is 3.15. The topological polar surface area (TPSA) is 35.2 Å². The summed E-state index contributed by atoms with van der Waals surface area (Å²) < 4.78 is 31.6. The second-order valence-corrected chi connectivity index (χ2v) is 3.74. The molecule has 0 unspecified atom stereocenters. The van der Waals surface area contributed by atoms with E-state index in [2.05, 4.69) is 0 Å². The molecule has 0 spiro atoms. The molecule has 0 aliphatic carbocycles. The summed E-state index contributed by atoms with van der Waals surface area (Å²) in [4.78, 5) is 0. The lowest BCUT2D eigenvalue weighted by atomic mass is 10.3. The van der Waals surface area contributed by atoms with E-state index < -0.39 is 11.6 Å². The van der Waals surface area contributed by atoms with Crippen molar-refractivity contribution in [3.63, 3.8) is 0 Å². The number of para-hydroxylation sites is 1. The molecule has 2 rings (SSSR count). The Morgan fingerprint density at radius 1 is 1.00 bits per heavy atom. The van der Waals surface area contributed by atoms with Gasteiger partial charge in [-0.05, 0) is 12.1 Å². The summed E-state index contributed by atoms with van der Waals surface area (Å²) in [7, 11) is 0. The highest BCUT2D eigenvalue weighted by Gasteiger charge is 2.10. The predicted molar refractivity (Wildman–Crippen MR) is 62.3 cm³/mol. The van der Waals surface area contributed by atoms with Crippen molar-refractivity contribution < 1.29 is 13.5 Å². The van der Waals surface area contributed by atoms with Crippen LogP contribution in [0.1, 0.15) is 0 Å². The number of halogens is 3. The lowest BCUT2D eigenvalue weighted by Crippen LogP contribution is -1.95. The van der Waals surface area contributed by atoms with Crippen molar-refractivity contribution in [1.29, 1.82) is 0 Å². The zero-order valence-corrected chi connectivity index (χ0v) is 9.34. The molecule has 0 saturated heterocycles. The van der Waals surface area contributed by atoms with Crippen LogP contribution < -0.4 is 10.5 Å². The van der Waals surface area contributed by atoms with E-state index in [0.717, 1.165) is 6.07 Å². The van der Waals surface area contributed by atoms with Crippen LogP contribution in [0.2, 0.25) is 5.02 Å². The summed E-state index contributed by atoms with van der Waals surface area (Å²) in [6, 6.07) is 8.06. The first-order chi connectivity index (χ1) is 8.08. The fraction of sp³-hybridized carbons (Fsp3) is 0. The summed E-state index contributed by atoms with van der Waals surface area (Å²) in [5.41, 5.74) is 5.59. The van der Waals surface area contributed by atoms with Crippen LogP contribution >= 0.6 is 11.6 Å². The Morgan fingerprint density at radius 2 is 1.71 bits per heavy atom. The maximum Gasteiger partial charge on any atom is 0.165 e. The molecule has 0 aliphatic rings. The molecule has 2 aromatic carbocycles. The van der Waals surface area contributed by atoms with E-state index in [1.54, 1.807) is 6.07 Å². The molecule has 0 saturated carbocycles. The third-order valence-electron chi connectivity index (χ3n) is 2.11. The van der Waals surface area contributed by atoms with Crippen molar-refractivity contribution in [2.45, 2.75) is 0 Å². The highest BCUT2D eigenvalue weighted by Crippen LogP contribution is 2.32. The molecule has 88 valence electrons. The van der Waals surface area contributed by atoms with Crippen molar-refractivity contribution in [2.75, 3.05) is 5.73 Å². The molecule has 0 heterocycles. The van der Waals surface area contributed by atoms with Crippen molar-refractivity contribution >= 4 is 17.3 Å². The quantitative estimate of drug-likeness (QED) is 0.824. The molecule has 2 aromatic rings. The van der Waals surface area contributed by atoms with Crippen molar-refractivity contribution in [3.8, 4) is 11.5 Å². The summed E-state index contributed by atoms with van der Waals surface area (Å²) >= 11 is 5.59. The second kappa shape index (κ2) is 4.59. The standard InChI is InChI=1S/C12H8ClF2NO/c13-7-5-12(10(16)6-9(7)15)17-11-4-2-1-3-8(11)14/h1-6H,16H2. The van der Waals surface area contributed by atoms with Gasteiger partial charge in [-0.25, -0.2) is 8.78 Å². The Balaban J connectivity index is 2.37. The van der Waals surface area contributed by atoms with E-state index in [4.69, 9.17) is 22.1 Å². The number of nitrogens with two attached hydrogens (primary N) is 1. The van der Waals surface area contributed by atoms with Gasteiger partial charge in [0.2, 0.25) is 0 Å². The fourth-order valence-electron chi connectivity index (χ4n) is 1.28. The Hall–Kier alpha value is -1.81. The highest BCUT2D eigenvalue weighted by molar-refractivity contribution is 6.31. The molecule has 0 amide bonds. The van der Waals surface area contributed by atoms with Crippen LogP contribution in [-0.2, 0) is 0 Å². The first kappa shape index (κ1) is 11.7. The molecule has 0 atom stereocenters. The van der Waals surface area contributed by atoms with Gasteiger partial charge in [0.05, 0.1) is 10.7 Å². The Labute approximate surface area is 102 Å². The number of benzene rings is 2. The summed E-state index contributed by atoms with van der Waals surface area (Å²) in [6.45, 7) is 0. The van der Waals surface area contributed by atoms with Crippen LogP contribution in [0.5, 0.6) is 11.5 Å². The largest absolute Gasteiger partial charge is 0.452 e. The van der Waals surface area contributed by atoms with Crippen LogP contribution in [0.4, 0.5) is 14.5 Å². The number of hydrogen-bond donors (Lipinski definition) is 1. The fourth-order valence-corrected chi connectivity index (χ4v) is 1.43. The number of nitrogen functional groups attached to an aromatic ring is 1. The van der Waals surface area contributed by atoms with Gasteiger partial charge in [0, 0.05) is 12.1 Å². The normalized spacial score (nSPS) is 10.3. The van der Waals surface area contributed by atoms with Gasteiger partial charge < -0.3 is 10.5 Å². The number of hydrogen-bond acceptors (Lipinski definition) is 2. The summed E-state index contributed by atoms with van der Waals surface area (Å²) in [6.07, 6.45) is 0. The minimum atomic E-state index is -0.648. The molecule has 5 heteroatoms. The van der Waals surface area contributed by atoms with Crippen LogP contribution in [-0.4, -0.2) is 0 Å². The molecule has 0 aliphatic heterocycles. The zero-order valence-electron chi connectivity index (χ0n) is 8.58. The molecule has 0 fully saturated rings. The Bertz CT molecular complexity index is 560. The van der Waals surface area contributed by atoms with E-state index in [9.17, 15) is 8.78 Å². The first-order valence-corrected chi connectivity index (χ1v) is 5.12. The monoisotopic (exact) mass is 255 g/mol. The van der Waals surface area contributed by atoms with Crippen LogP contribution in [0.15, 0.2) is 36.4 Å². The predicted octanol–water partition coefficient (Wildman–Crippen LogP) is 3.99. The van der Waals surface area contributed by atoms with Gasteiger partial charge in [-0.2, -0.15) is 0 Å². The lowest BCUT2D eigenvalue weighted by Gasteiger charge is -2.09. The third-order valence-corrected chi connectivity index (χ3v) is 2.40. The zero-order chi connectivity index (χ0) is 12.4. The minimum absolute atomic E-state index is 0.00174. The maximum atomic E-state index is 13.3. The second-order valence-electron chi connectivity index (χ2n) is 3.34. The van der Waals surface area contributed by atoms with Crippen molar-refractivity contribution in [2.24, 2.45) is 0 Å². The molecule has 0 bridgehead atoms. The average molecular weight is 256 g/mol. The molecule has 2 nitrogen and oxygen atoms in total. The van der Waals surface area contributed by atoms with Gasteiger partial charge in [0.25, 0.3) is 0 Å². The van der Waals surface area contributed by atoms with Gasteiger partial charge in [-0.15, -0.1) is 0 Å². The minimum Gasteiger partial charge on any atom is -0.452 e. The number of rotatable bonds is 2. The summed E-state index contributed by atoms with van der Waals surface area (Å²) in [5, 5.41) is -0.134. The van der Waals surface area contributed by atoms with Crippen LogP contribution in [0, 0.1) is 11.6 Å². The van der Waals surface area contributed by atoms with E-state index in [1.165, 1.54) is 24.3 Å². The van der Waals surface area contributed by atoms with E-state index in [0.29, 0.717) is 0 Å². The SMILES string of the molecule is Nc1cc(F)c(Cl)cc1Oc1ccccc1F. The van der Waals surface area contributed by atoms with E-state index >= 15 is 0 Å². The van der Waals surface area contributed by atoms with Crippen molar-refractivity contribution in [1.82, 2.24) is 0 Å². The highest BCUT2D eigenvalue weighted by atomic mass is 35.5. The molecular formula is C12H8ClF2NO. The lowest BCUT2D eigenvalue weighted by molar-refractivity contribution is 0.443. The van der Waals surface area contributed by atoms with E-state index in [-0.39, 0.29) is 22.2 Å². The molecule has 2 N–H and O–H groups in total. The number of ether oxygens (including phenoxy) is 1. The first-order valence-electron chi connectivity index (χ1n) is 4.75. The summed E-state index contributed by atoms with van der Waals surface area (Å²) in [5.74, 6) is -1.07. The van der Waals surface area contributed by atoms with Crippen molar-refractivity contribution in [3.05, 3.63) is 53.1 Å². The molecule has 0 radical (unpaired) electrons. The van der Waals surface area contributed by atoms with Gasteiger partial charge in [0.15, 0.2) is 17.3 Å². The smallest absolute Gasteiger partial charge is 0.165 e. The Morgan fingerprint density at radius 3 is 2.41 bits per heavy atom. The third kappa shape index (κ3) is 2.47. The van der Waals surface area contributed by atoms with Gasteiger partial charge in [-0.3, -0.25) is 0 Å². The number of anilines is 1. The van der Waals surface area contributed by atoms with Gasteiger partial charge >= 0.3 is 0 Å². The van der Waals surface area contributed by atoms with Gasteiger partial charge in [0.1, 0.15) is 5.82 Å². The van der Waals surface area contributed by atoms with Gasteiger partial charge in [-0.1, -0.05) is 23.7 Å². The van der Waals surface area contributed by atoms with E-state index in [1.807, 2.05) is 0 Å². The van der Waals surface area contributed by atoms with Crippen LogP contribution in [0.3, 0.4) is 0 Å². The molecular weight excluding hydrogens is 248 g/mol.